The number of nitrogens with zero attached hydrogens (tertiary/aromatic N) is 1. The van der Waals surface area contributed by atoms with Gasteiger partial charge in [0.05, 0.1) is 5.69 Å². The third-order valence-corrected chi connectivity index (χ3v) is 4.84. The molecular formula is C20H17N3. The van der Waals surface area contributed by atoms with Crippen LogP contribution in [0.4, 0.5) is 0 Å². The van der Waals surface area contributed by atoms with Gasteiger partial charge in [0, 0.05) is 41.4 Å². The molecule has 1 aliphatic carbocycles. The predicted molar refractivity (Wildman–Crippen MR) is 92.7 cm³/mol. The second kappa shape index (κ2) is 4.59. The van der Waals surface area contributed by atoms with Crippen LogP contribution in [0.3, 0.4) is 0 Å². The summed E-state index contributed by atoms with van der Waals surface area (Å²) in [5.74, 6) is 0. The van der Waals surface area contributed by atoms with Gasteiger partial charge in [-0.3, -0.25) is 5.10 Å². The fraction of sp³-hybridized carbons (Fsp3) is 0.150. The van der Waals surface area contributed by atoms with Crippen LogP contribution in [-0.4, -0.2) is 15.2 Å². The van der Waals surface area contributed by atoms with Crippen molar-refractivity contribution in [1.29, 1.82) is 0 Å². The lowest BCUT2D eigenvalue weighted by Gasteiger charge is -2.03. The topological polar surface area (TPSA) is 44.5 Å². The van der Waals surface area contributed by atoms with Crippen LogP contribution in [0.15, 0.2) is 48.7 Å². The number of aryl methyl sites for hydroxylation is 1. The van der Waals surface area contributed by atoms with Crippen LogP contribution >= 0.6 is 0 Å². The molecule has 2 aromatic carbocycles. The van der Waals surface area contributed by atoms with Crippen LogP contribution in [-0.2, 0) is 12.8 Å². The Morgan fingerprint density at radius 1 is 1.09 bits per heavy atom. The highest BCUT2D eigenvalue weighted by atomic mass is 15.1. The summed E-state index contributed by atoms with van der Waals surface area (Å²) in [6, 6.07) is 15.4. The van der Waals surface area contributed by atoms with Crippen molar-refractivity contribution >= 4 is 10.9 Å². The quantitative estimate of drug-likeness (QED) is 0.500. The van der Waals surface area contributed by atoms with Crippen molar-refractivity contribution in [2.45, 2.75) is 19.8 Å². The van der Waals surface area contributed by atoms with E-state index in [9.17, 15) is 0 Å². The number of aromatic amines is 2. The number of hydrogen-bond acceptors (Lipinski definition) is 1. The molecule has 112 valence electrons. The summed E-state index contributed by atoms with van der Waals surface area (Å²) in [5, 5.41) is 9.13. The Hall–Kier alpha value is -2.81. The SMILES string of the molecule is Cc1ccc2c(c1)-c1n[nH]c(Cc3ccc4[nH]ccc4c3)c1C2. The molecule has 0 aliphatic heterocycles. The Morgan fingerprint density at radius 3 is 3.00 bits per heavy atom. The summed E-state index contributed by atoms with van der Waals surface area (Å²) in [6.07, 6.45) is 3.88. The number of H-pyrrole nitrogens is 2. The van der Waals surface area contributed by atoms with Crippen molar-refractivity contribution in [3.8, 4) is 11.3 Å². The Bertz CT molecular complexity index is 1040. The summed E-state index contributed by atoms with van der Waals surface area (Å²) >= 11 is 0. The summed E-state index contributed by atoms with van der Waals surface area (Å²) in [5.41, 5.74) is 10.2. The molecule has 0 bridgehead atoms. The highest BCUT2D eigenvalue weighted by molar-refractivity contribution is 5.80. The zero-order valence-corrected chi connectivity index (χ0v) is 13.0. The van der Waals surface area contributed by atoms with Gasteiger partial charge in [0.15, 0.2) is 0 Å². The first-order chi connectivity index (χ1) is 11.3. The van der Waals surface area contributed by atoms with Gasteiger partial charge in [-0.15, -0.1) is 0 Å². The van der Waals surface area contributed by atoms with Crippen LogP contribution in [0.1, 0.15) is 27.9 Å². The number of fused-ring (bicyclic) bond motifs is 4. The lowest BCUT2D eigenvalue weighted by molar-refractivity contribution is 0.981. The Balaban J connectivity index is 1.53. The van der Waals surface area contributed by atoms with E-state index in [0.717, 1.165) is 18.5 Å². The van der Waals surface area contributed by atoms with Crippen molar-refractivity contribution in [3.05, 3.63) is 76.6 Å². The number of nitrogens with one attached hydrogen (secondary N) is 2. The summed E-state index contributed by atoms with van der Waals surface area (Å²) < 4.78 is 0. The standard InChI is InChI=1S/C20H17N3/c1-12-2-4-14-11-17-19(22-23-20(17)16(14)8-12)10-13-3-5-18-15(9-13)6-7-21-18/h2-9,21H,10-11H2,1H3,(H,22,23). The molecule has 0 spiro atoms. The molecule has 0 saturated carbocycles. The third kappa shape index (κ3) is 1.93. The molecule has 4 aromatic rings. The minimum atomic E-state index is 0.899. The van der Waals surface area contributed by atoms with Crippen molar-refractivity contribution in [1.82, 2.24) is 15.2 Å². The molecule has 0 fully saturated rings. The van der Waals surface area contributed by atoms with Crippen LogP contribution in [0.25, 0.3) is 22.2 Å². The summed E-state index contributed by atoms with van der Waals surface area (Å²) in [6.45, 7) is 2.14. The van der Waals surface area contributed by atoms with Gasteiger partial charge < -0.3 is 4.98 Å². The van der Waals surface area contributed by atoms with Crippen molar-refractivity contribution in [3.63, 3.8) is 0 Å². The summed E-state index contributed by atoms with van der Waals surface area (Å²) in [4.78, 5) is 3.24. The van der Waals surface area contributed by atoms with Gasteiger partial charge in [-0.2, -0.15) is 5.10 Å². The van der Waals surface area contributed by atoms with Crippen molar-refractivity contribution in [2.75, 3.05) is 0 Å². The first kappa shape index (κ1) is 12.7. The van der Waals surface area contributed by atoms with Crippen molar-refractivity contribution in [2.24, 2.45) is 0 Å². The Kier molecular flexibility index (Phi) is 2.54. The molecule has 0 atom stereocenters. The second-order valence-corrected chi connectivity index (χ2v) is 6.44. The minimum Gasteiger partial charge on any atom is -0.361 e. The lowest BCUT2D eigenvalue weighted by atomic mass is 10.0. The molecule has 0 radical (unpaired) electrons. The van der Waals surface area contributed by atoms with E-state index in [1.54, 1.807) is 0 Å². The van der Waals surface area contributed by atoms with Crippen LogP contribution in [0.5, 0.6) is 0 Å². The molecule has 5 rings (SSSR count). The molecule has 0 unspecified atom stereocenters. The fourth-order valence-electron chi connectivity index (χ4n) is 3.63. The van der Waals surface area contributed by atoms with Crippen LogP contribution in [0.2, 0.25) is 0 Å². The highest BCUT2D eigenvalue weighted by Crippen LogP contribution is 2.37. The van der Waals surface area contributed by atoms with E-state index in [1.165, 1.54) is 44.4 Å². The first-order valence-electron chi connectivity index (χ1n) is 8.00. The van der Waals surface area contributed by atoms with Gasteiger partial charge in [-0.25, -0.2) is 0 Å². The van der Waals surface area contributed by atoms with E-state index in [4.69, 9.17) is 0 Å². The zero-order chi connectivity index (χ0) is 15.4. The van der Waals surface area contributed by atoms with Gasteiger partial charge in [0.25, 0.3) is 0 Å². The smallest absolute Gasteiger partial charge is 0.0961 e. The molecule has 1 aliphatic rings. The maximum atomic E-state index is 4.60. The van der Waals surface area contributed by atoms with Crippen LogP contribution < -0.4 is 0 Å². The maximum absolute atomic E-state index is 4.60. The Morgan fingerprint density at radius 2 is 2.04 bits per heavy atom. The zero-order valence-electron chi connectivity index (χ0n) is 13.0. The molecule has 2 heterocycles. The second-order valence-electron chi connectivity index (χ2n) is 6.44. The number of rotatable bonds is 2. The first-order valence-corrected chi connectivity index (χ1v) is 8.00. The van der Waals surface area contributed by atoms with E-state index < -0.39 is 0 Å². The highest BCUT2D eigenvalue weighted by Gasteiger charge is 2.24. The van der Waals surface area contributed by atoms with E-state index in [-0.39, 0.29) is 0 Å². The molecule has 2 aromatic heterocycles. The molecule has 0 saturated heterocycles. The van der Waals surface area contributed by atoms with Gasteiger partial charge in [-0.05, 0) is 47.7 Å². The monoisotopic (exact) mass is 299 g/mol. The molecule has 3 nitrogen and oxygen atoms in total. The normalized spacial score (nSPS) is 12.6. The van der Waals surface area contributed by atoms with Gasteiger partial charge in [0.1, 0.15) is 0 Å². The maximum Gasteiger partial charge on any atom is 0.0961 e. The number of hydrogen-bond donors (Lipinski definition) is 2. The third-order valence-electron chi connectivity index (χ3n) is 4.84. The fourth-order valence-corrected chi connectivity index (χ4v) is 3.63. The Labute approximate surface area is 134 Å². The average Bonchev–Trinajstić information content (AvgIpc) is 3.23. The largest absolute Gasteiger partial charge is 0.361 e. The molecular weight excluding hydrogens is 282 g/mol. The molecule has 23 heavy (non-hydrogen) atoms. The minimum absolute atomic E-state index is 0.899. The molecule has 3 heteroatoms. The van der Waals surface area contributed by atoms with E-state index in [1.807, 2.05) is 6.20 Å². The van der Waals surface area contributed by atoms with Gasteiger partial charge >= 0.3 is 0 Å². The van der Waals surface area contributed by atoms with Crippen molar-refractivity contribution < 1.29 is 0 Å². The average molecular weight is 299 g/mol. The molecule has 0 amide bonds. The molecule has 2 N–H and O–H groups in total. The van der Waals surface area contributed by atoms with E-state index >= 15 is 0 Å². The summed E-state index contributed by atoms with van der Waals surface area (Å²) in [7, 11) is 0. The number of aromatic nitrogens is 3. The number of benzene rings is 2. The lowest BCUT2D eigenvalue weighted by Crippen LogP contribution is -1.94. The predicted octanol–water partition coefficient (Wildman–Crippen LogP) is 4.36. The van der Waals surface area contributed by atoms with E-state index in [0.29, 0.717) is 0 Å². The van der Waals surface area contributed by atoms with Gasteiger partial charge in [0.2, 0.25) is 0 Å². The van der Waals surface area contributed by atoms with E-state index in [2.05, 4.69) is 64.6 Å². The van der Waals surface area contributed by atoms with Crippen LogP contribution in [0, 0.1) is 6.92 Å². The van der Waals surface area contributed by atoms with Gasteiger partial charge in [-0.1, -0.05) is 23.8 Å².